The topological polar surface area (TPSA) is 205 Å². The highest BCUT2D eigenvalue weighted by molar-refractivity contribution is 6.31. The Bertz CT molecular complexity index is 2100. The summed E-state index contributed by atoms with van der Waals surface area (Å²) in [6, 6.07) is 12.2. The lowest BCUT2D eigenvalue weighted by molar-refractivity contribution is -0.139. The summed E-state index contributed by atoms with van der Waals surface area (Å²) in [5.74, 6) is -4.08. The number of halogens is 2. The Morgan fingerprint density at radius 2 is 1.70 bits per heavy atom. The molecule has 2 atom stereocenters. The summed E-state index contributed by atoms with van der Waals surface area (Å²) >= 11 is 6.08. The highest BCUT2D eigenvalue weighted by Gasteiger charge is 2.37. The summed E-state index contributed by atoms with van der Waals surface area (Å²) in [5, 5.41) is 29.2. The van der Waals surface area contributed by atoms with E-state index in [1.54, 1.807) is 23.1 Å². The summed E-state index contributed by atoms with van der Waals surface area (Å²) in [6.07, 6.45) is 4.09. The Balaban J connectivity index is 1.28. The normalized spacial score (nSPS) is 16.3. The van der Waals surface area contributed by atoms with Crippen molar-refractivity contribution in [2.45, 2.75) is 37.8 Å². The van der Waals surface area contributed by atoms with Crippen molar-refractivity contribution < 1.29 is 38.6 Å². The molecule has 2 amide bonds. The van der Waals surface area contributed by atoms with Gasteiger partial charge in [0.25, 0.3) is 0 Å². The minimum atomic E-state index is -1.16. The van der Waals surface area contributed by atoms with E-state index in [1.807, 2.05) is 12.1 Å². The van der Waals surface area contributed by atoms with Crippen LogP contribution in [0.4, 0.5) is 10.1 Å². The Morgan fingerprint density at radius 1 is 0.963 bits per heavy atom. The maximum Gasteiger partial charge on any atom is 0.335 e. The standard InChI is InChI=1S/C37H36ClFN8O7/c38-27-9-11-30(47-21-41-42-43-47)26(34(27)39)8-12-33(50)46-15-14-24-25(35(46)31(48)20-22-4-6-23(7-5-22)36(51)52)2-1-3-29(24)44-16-18-45(19-17-44)32(49)13-10-28(40)37(53)54/h1-9,11-12,21,28,35H,10,13-20,40H2,(H,51,52)(H,53,54)/b12-8+/t28-,35?/m0/s1. The summed E-state index contributed by atoms with van der Waals surface area (Å²) in [7, 11) is 0. The number of fused-ring (bicyclic) bond motifs is 1. The van der Waals surface area contributed by atoms with Crippen molar-refractivity contribution in [3.8, 4) is 5.69 Å². The van der Waals surface area contributed by atoms with Gasteiger partial charge in [0.2, 0.25) is 11.8 Å². The van der Waals surface area contributed by atoms with Gasteiger partial charge in [0, 0.05) is 62.9 Å². The quantitative estimate of drug-likeness (QED) is 0.179. The van der Waals surface area contributed by atoms with Crippen LogP contribution in [0.2, 0.25) is 5.02 Å². The molecule has 15 nitrogen and oxygen atoms in total. The number of carboxylic acids is 2. The van der Waals surface area contributed by atoms with Gasteiger partial charge in [-0.15, -0.1) is 5.10 Å². The van der Waals surface area contributed by atoms with Gasteiger partial charge in [0.05, 0.1) is 16.3 Å². The zero-order valence-corrected chi connectivity index (χ0v) is 29.6. The van der Waals surface area contributed by atoms with Crippen molar-refractivity contribution in [2.75, 3.05) is 37.6 Å². The van der Waals surface area contributed by atoms with Crippen LogP contribution in [0.5, 0.6) is 0 Å². The van der Waals surface area contributed by atoms with Gasteiger partial charge < -0.3 is 30.6 Å². The van der Waals surface area contributed by atoms with E-state index in [4.69, 9.17) is 22.4 Å². The van der Waals surface area contributed by atoms with Crippen LogP contribution in [0.3, 0.4) is 0 Å². The molecule has 17 heteroatoms. The summed E-state index contributed by atoms with van der Waals surface area (Å²) in [4.78, 5) is 68.8. The molecule has 4 N–H and O–H groups in total. The van der Waals surface area contributed by atoms with Gasteiger partial charge in [-0.3, -0.25) is 19.2 Å². The zero-order chi connectivity index (χ0) is 38.5. The van der Waals surface area contributed by atoms with Crippen LogP contribution in [-0.4, -0.2) is 109 Å². The van der Waals surface area contributed by atoms with Gasteiger partial charge in [-0.25, -0.2) is 9.18 Å². The fourth-order valence-electron chi connectivity index (χ4n) is 6.79. The molecule has 3 aromatic carbocycles. The average Bonchev–Trinajstić information content (AvgIpc) is 3.71. The van der Waals surface area contributed by atoms with Gasteiger partial charge in [-0.2, -0.15) is 4.68 Å². The highest BCUT2D eigenvalue weighted by Crippen LogP contribution is 2.38. The summed E-state index contributed by atoms with van der Waals surface area (Å²) < 4.78 is 16.6. The number of hydrogen-bond donors (Lipinski definition) is 3. The van der Waals surface area contributed by atoms with Gasteiger partial charge in [-0.1, -0.05) is 35.9 Å². The first-order chi connectivity index (χ1) is 25.9. The first kappa shape index (κ1) is 37.7. The summed E-state index contributed by atoms with van der Waals surface area (Å²) in [6.45, 7) is 1.94. The lowest BCUT2D eigenvalue weighted by Gasteiger charge is -2.41. The largest absolute Gasteiger partial charge is 0.480 e. The number of nitrogens with zero attached hydrogens (tertiary/aromatic N) is 7. The number of amides is 2. The number of anilines is 1. The third-order valence-corrected chi connectivity index (χ3v) is 9.91. The second kappa shape index (κ2) is 16.3. The van der Waals surface area contributed by atoms with Crippen molar-refractivity contribution in [3.05, 3.63) is 106 Å². The average molecular weight is 759 g/mol. The Labute approximate surface area is 313 Å². The van der Waals surface area contributed by atoms with Crippen LogP contribution in [-0.2, 0) is 32.0 Å². The molecular weight excluding hydrogens is 723 g/mol. The highest BCUT2D eigenvalue weighted by atomic mass is 35.5. The van der Waals surface area contributed by atoms with E-state index in [0.717, 1.165) is 11.3 Å². The number of carbonyl (C=O) groups is 5. The molecule has 1 fully saturated rings. The maximum absolute atomic E-state index is 15.3. The van der Waals surface area contributed by atoms with Gasteiger partial charge in [0.15, 0.2) is 11.6 Å². The maximum atomic E-state index is 15.3. The first-order valence-corrected chi connectivity index (χ1v) is 17.5. The van der Waals surface area contributed by atoms with Crippen LogP contribution >= 0.6 is 11.6 Å². The van der Waals surface area contributed by atoms with E-state index in [9.17, 15) is 29.1 Å². The molecule has 6 rings (SSSR count). The number of aromatic nitrogens is 4. The van der Waals surface area contributed by atoms with Crippen molar-refractivity contribution in [3.63, 3.8) is 0 Å². The fraction of sp³-hybridized carbons (Fsp3) is 0.297. The van der Waals surface area contributed by atoms with E-state index in [2.05, 4.69) is 20.4 Å². The van der Waals surface area contributed by atoms with E-state index >= 15 is 4.39 Å². The Morgan fingerprint density at radius 3 is 2.37 bits per heavy atom. The number of ketones is 1. The number of aliphatic carboxylic acids is 1. The molecule has 54 heavy (non-hydrogen) atoms. The number of hydrogen-bond acceptors (Lipinski definition) is 10. The van der Waals surface area contributed by atoms with Gasteiger partial charge in [-0.05, 0) is 76.4 Å². The van der Waals surface area contributed by atoms with Gasteiger partial charge in [0.1, 0.15) is 18.4 Å². The van der Waals surface area contributed by atoms with E-state index in [0.29, 0.717) is 43.7 Å². The predicted molar refractivity (Wildman–Crippen MR) is 194 cm³/mol. The molecule has 1 saturated heterocycles. The molecule has 0 radical (unpaired) electrons. The van der Waals surface area contributed by atoms with E-state index < -0.39 is 35.7 Å². The minimum Gasteiger partial charge on any atom is -0.480 e. The lowest BCUT2D eigenvalue weighted by Crippen LogP contribution is -2.50. The molecular formula is C37H36ClFN8O7. The molecule has 1 unspecified atom stereocenters. The number of benzene rings is 3. The molecule has 0 aliphatic carbocycles. The number of carbonyl (C=O) groups excluding carboxylic acids is 3. The number of tetrazole rings is 1. The van der Waals surface area contributed by atoms with Crippen LogP contribution < -0.4 is 10.6 Å². The van der Waals surface area contributed by atoms with Crippen LogP contribution in [0.25, 0.3) is 11.8 Å². The number of piperazine rings is 1. The molecule has 280 valence electrons. The van der Waals surface area contributed by atoms with E-state index in [1.165, 1.54) is 52.3 Å². The number of nitrogens with two attached hydrogens (primary N) is 1. The Kier molecular flexibility index (Phi) is 11.4. The van der Waals surface area contributed by atoms with Crippen molar-refractivity contribution in [1.29, 1.82) is 0 Å². The van der Waals surface area contributed by atoms with Crippen LogP contribution in [0, 0.1) is 5.82 Å². The third-order valence-electron chi connectivity index (χ3n) is 9.62. The first-order valence-electron chi connectivity index (χ1n) is 17.1. The van der Waals surface area contributed by atoms with Crippen LogP contribution in [0.1, 0.15) is 51.5 Å². The van der Waals surface area contributed by atoms with Gasteiger partial charge >= 0.3 is 11.9 Å². The summed E-state index contributed by atoms with van der Waals surface area (Å²) in [5.41, 5.74) is 8.78. The fourth-order valence-corrected chi connectivity index (χ4v) is 6.95. The van der Waals surface area contributed by atoms with Crippen molar-refractivity contribution >= 4 is 52.9 Å². The minimum absolute atomic E-state index is 0.0261. The molecule has 4 aromatic rings. The van der Waals surface area contributed by atoms with Crippen molar-refractivity contribution in [2.24, 2.45) is 5.73 Å². The SMILES string of the molecule is N[C@@H](CCC(=O)N1CCN(c2cccc3c2CCN(C(=O)/C=C/c2c(-n4cnnn4)ccc(Cl)c2F)C3C(=O)Cc2ccc(C(=O)O)cc2)CC1)C(=O)O. The molecule has 3 heterocycles. The predicted octanol–water partition coefficient (Wildman–Crippen LogP) is 2.94. The Hall–Kier alpha value is -6.00. The van der Waals surface area contributed by atoms with E-state index in [-0.39, 0.29) is 59.3 Å². The molecule has 2 aliphatic rings. The second-order valence-corrected chi connectivity index (χ2v) is 13.3. The number of aromatic carboxylic acids is 1. The molecule has 0 bridgehead atoms. The smallest absolute Gasteiger partial charge is 0.335 e. The third kappa shape index (κ3) is 8.14. The molecule has 2 aliphatic heterocycles. The zero-order valence-electron chi connectivity index (χ0n) is 28.8. The number of Topliss-reactive ketones (excluding diaryl/α,β-unsaturated/α-hetero) is 1. The second-order valence-electron chi connectivity index (χ2n) is 12.9. The molecule has 0 saturated carbocycles. The monoisotopic (exact) mass is 758 g/mol. The number of carboxylic acid groups (broad SMARTS) is 2. The number of rotatable bonds is 12. The molecule has 1 aromatic heterocycles. The molecule has 0 spiro atoms. The van der Waals surface area contributed by atoms with Crippen LogP contribution in [0.15, 0.2) is 67.0 Å². The van der Waals surface area contributed by atoms with Crippen molar-refractivity contribution in [1.82, 2.24) is 30.0 Å². The lowest BCUT2D eigenvalue weighted by atomic mass is 9.86.